The maximum Gasteiger partial charge on any atom is 0.283 e. The number of halogens is 3. The van der Waals surface area contributed by atoms with Crippen LogP contribution in [0.15, 0.2) is 53.2 Å². The number of amides is 2. The lowest BCUT2D eigenvalue weighted by Gasteiger charge is -2.16. The molecule has 3 rings (SSSR count). The molecule has 1 aliphatic heterocycles. The minimum atomic E-state index is -0.777. The van der Waals surface area contributed by atoms with Crippen LogP contribution < -0.4 is 10.2 Å². The predicted octanol–water partition coefficient (Wildman–Crippen LogP) is 4.22. The van der Waals surface area contributed by atoms with E-state index in [-0.39, 0.29) is 16.4 Å². The molecule has 4 nitrogen and oxygen atoms in total. The Bertz CT molecular complexity index is 896. The highest BCUT2D eigenvalue weighted by Crippen LogP contribution is 2.32. The van der Waals surface area contributed by atoms with E-state index < -0.39 is 17.6 Å². The zero-order valence-electron chi connectivity index (χ0n) is 12.4. The average molecular weight is 365 g/mol. The molecule has 0 spiro atoms. The van der Waals surface area contributed by atoms with Crippen molar-refractivity contribution in [2.24, 2.45) is 0 Å². The van der Waals surface area contributed by atoms with Crippen molar-refractivity contribution in [2.45, 2.75) is 6.92 Å². The number of nitrogens with one attached hydrogen (secondary N) is 1. The van der Waals surface area contributed by atoms with Gasteiger partial charge < -0.3 is 5.32 Å². The Hall–Kier alpha value is -2.37. The van der Waals surface area contributed by atoms with E-state index in [1.807, 2.05) is 0 Å². The first-order valence-corrected chi connectivity index (χ1v) is 7.72. The Morgan fingerprint density at radius 2 is 1.75 bits per heavy atom. The molecule has 24 heavy (non-hydrogen) atoms. The number of benzene rings is 2. The van der Waals surface area contributed by atoms with Crippen LogP contribution in [0.2, 0.25) is 5.02 Å². The van der Waals surface area contributed by atoms with Crippen molar-refractivity contribution in [1.82, 2.24) is 0 Å². The van der Waals surface area contributed by atoms with Gasteiger partial charge >= 0.3 is 0 Å². The molecule has 0 aliphatic carbocycles. The molecule has 7 heteroatoms. The van der Waals surface area contributed by atoms with E-state index >= 15 is 0 Å². The number of hydrogen-bond donors (Lipinski definition) is 1. The molecule has 0 aromatic heterocycles. The van der Waals surface area contributed by atoms with E-state index in [1.54, 1.807) is 25.1 Å². The van der Waals surface area contributed by atoms with Crippen LogP contribution in [0, 0.1) is 12.7 Å². The molecule has 0 bridgehead atoms. The standard InChI is InChI=1S/C17H11Cl2FN2O2/c1-9-8-10(18)6-7-12(9)21-15-14(19)16(23)22(17(15)24)13-5-3-2-4-11(13)20/h2-8,21H,1H3. The third kappa shape index (κ3) is 2.77. The second-order valence-corrected chi connectivity index (χ2v) is 5.98. The Labute approximate surface area is 147 Å². The van der Waals surface area contributed by atoms with Crippen LogP contribution in [0.3, 0.4) is 0 Å². The first-order chi connectivity index (χ1) is 11.4. The van der Waals surface area contributed by atoms with Gasteiger partial charge in [-0.2, -0.15) is 0 Å². The van der Waals surface area contributed by atoms with Crippen molar-refractivity contribution in [3.05, 3.63) is 69.6 Å². The van der Waals surface area contributed by atoms with Gasteiger partial charge in [0.05, 0.1) is 5.69 Å². The fourth-order valence-corrected chi connectivity index (χ4v) is 2.80. The minimum Gasteiger partial charge on any atom is -0.349 e. The molecule has 2 aromatic carbocycles. The molecule has 0 saturated heterocycles. The van der Waals surface area contributed by atoms with E-state index in [2.05, 4.69) is 5.32 Å². The number of imide groups is 1. The normalized spacial score (nSPS) is 14.6. The van der Waals surface area contributed by atoms with Gasteiger partial charge in [-0.25, -0.2) is 9.29 Å². The minimum absolute atomic E-state index is 0.102. The summed E-state index contributed by atoms with van der Waals surface area (Å²) in [6.45, 7) is 1.79. The Kier molecular flexibility index (Phi) is 4.30. The van der Waals surface area contributed by atoms with Crippen LogP contribution >= 0.6 is 23.2 Å². The summed E-state index contributed by atoms with van der Waals surface area (Å²) in [5.41, 5.74) is 1.10. The molecule has 0 atom stereocenters. The number of carbonyl (C=O) groups is 2. The molecule has 0 fully saturated rings. The van der Waals surface area contributed by atoms with Gasteiger partial charge in [0.15, 0.2) is 0 Å². The van der Waals surface area contributed by atoms with Crippen LogP contribution in [0.1, 0.15) is 5.56 Å². The van der Waals surface area contributed by atoms with Crippen LogP contribution in [0.5, 0.6) is 0 Å². The summed E-state index contributed by atoms with van der Waals surface area (Å²) in [6.07, 6.45) is 0. The number of aryl methyl sites for hydroxylation is 1. The summed E-state index contributed by atoms with van der Waals surface area (Å²) in [7, 11) is 0. The van der Waals surface area contributed by atoms with Gasteiger partial charge in [0.1, 0.15) is 16.5 Å². The Balaban J connectivity index is 1.96. The quantitative estimate of drug-likeness (QED) is 0.829. The molecule has 2 aromatic rings. The maximum atomic E-state index is 13.9. The van der Waals surface area contributed by atoms with Gasteiger partial charge in [0, 0.05) is 10.7 Å². The molecule has 0 unspecified atom stereocenters. The van der Waals surface area contributed by atoms with Gasteiger partial charge in [0.2, 0.25) is 0 Å². The average Bonchev–Trinajstić information content (AvgIpc) is 2.74. The summed E-state index contributed by atoms with van der Waals surface area (Å²) < 4.78 is 13.9. The lowest BCUT2D eigenvalue weighted by atomic mass is 10.2. The largest absolute Gasteiger partial charge is 0.349 e. The van der Waals surface area contributed by atoms with Crippen molar-refractivity contribution in [2.75, 3.05) is 10.2 Å². The zero-order chi connectivity index (χ0) is 17.4. The first-order valence-electron chi connectivity index (χ1n) is 6.96. The van der Waals surface area contributed by atoms with Crippen LogP contribution in [-0.4, -0.2) is 11.8 Å². The summed E-state index contributed by atoms with van der Waals surface area (Å²) in [5.74, 6) is -2.18. The molecule has 2 amide bonds. The highest BCUT2D eigenvalue weighted by Gasteiger charge is 2.40. The number of hydrogen-bond acceptors (Lipinski definition) is 3. The van der Waals surface area contributed by atoms with E-state index in [1.165, 1.54) is 24.3 Å². The first kappa shape index (κ1) is 16.5. The van der Waals surface area contributed by atoms with E-state index in [0.29, 0.717) is 15.6 Å². The van der Waals surface area contributed by atoms with Gasteiger partial charge in [-0.15, -0.1) is 0 Å². The van der Waals surface area contributed by atoms with Gasteiger partial charge in [-0.05, 0) is 42.8 Å². The topological polar surface area (TPSA) is 49.4 Å². The van der Waals surface area contributed by atoms with E-state index in [0.717, 1.165) is 5.56 Å². The lowest BCUT2D eigenvalue weighted by Crippen LogP contribution is -2.33. The molecule has 1 aliphatic rings. The highest BCUT2D eigenvalue weighted by molar-refractivity contribution is 6.53. The second kappa shape index (κ2) is 6.26. The van der Waals surface area contributed by atoms with E-state index in [4.69, 9.17) is 23.2 Å². The van der Waals surface area contributed by atoms with Gasteiger partial charge in [-0.1, -0.05) is 35.3 Å². The van der Waals surface area contributed by atoms with Crippen molar-refractivity contribution >= 4 is 46.4 Å². The fourth-order valence-electron chi connectivity index (χ4n) is 2.37. The van der Waals surface area contributed by atoms with Crippen molar-refractivity contribution < 1.29 is 14.0 Å². The maximum absolute atomic E-state index is 13.9. The third-order valence-electron chi connectivity index (χ3n) is 3.57. The summed E-state index contributed by atoms with van der Waals surface area (Å²) in [5, 5.41) is 3.09. The Morgan fingerprint density at radius 3 is 2.42 bits per heavy atom. The summed E-state index contributed by atoms with van der Waals surface area (Å²) in [4.78, 5) is 25.6. The lowest BCUT2D eigenvalue weighted by molar-refractivity contribution is -0.120. The number of para-hydroxylation sites is 1. The summed E-state index contributed by atoms with van der Waals surface area (Å²) in [6, 6.07) is 10.5. The van der Waals surface area contributed by atoms with Crippen LogP contribution in [-0.2, 0) is 9.59 Å². The fraction of sp³-hybridized carbons (Fsp3) is 0.0588. The Morgan fingerprint density at radius 1 is 1.04 bits per heavy atom. The van der Waals surface area contributed by atoms with Crippen molar-refractivity contribution in [1.29, 1.82) is 0 Å². The molecule has 1 N–H and O–H groups in total. The molecule has 1 heterocycles. The molecular weight excluding hydrogens is 354 g/mol. The van der Waals surface area contributed by atoms with Gasteiger partial charge in [-0.3, -0.25) is 9.59 Å². The van der Waals surface area contributed by atoms with Crippen molar-refractivity contribution in [3.63, 3.8) is 0 Å². The summed E-state index contributed by atoms with van der Waals surface area (Å²) >= 11 is 11.9. The van der Waals surface area contributed by atoms with Crippen LogP contribution in [0.4, 0.5) is 15.8 Å². The molecule has 122 valence electrons. The van der Waals surface area contributed by atoms with Crippen LogP contribution in [0.25, 0.3) is 0 Å². The number of carbonyl (C=O) groups excluding carboxylic acids is 2. The van der Waals surface area contributed by atoms with E-state index in [9.17, 15) is 14.0 Å². The zero-order valence-corrected chi connectivity index (χ0v) is 14.0. The SMILES string of the molecule is Cc1cc(Cl)ccc1NC1=C(Cl)C(=O)N(c2ccccc2F)C1=O. The number of rotatable bonds is 3. The second-order valence-electron chi connectivity index (χ2n) is 5.17. The molecular formula is C17H11Cl2FN2O2. The molecule has 0 saturated carbocycles. The predicted molar refractivity (Wildman–Crippen MR) is 91.6 cm³/mol. The number of anilines is 2. The monoisotopic (exact) mass is 364 g/mol. The number of nitrogens with zero attached hydrogens (tertiary/aromatic N) is 1. The molecule has 0 radical (unpaired) electrons. The van der Waals surface area contributed by atoms with Gasteiger partial charge in [0.25, 0.3) is 11.8 Å². The highest BCUT2D eigenvalue weighted by atomic mass is 35.5. The third-order valence-corrected chi connectivity index (χ3v) is 4.15. The smallest absolute Gasteiger partial charge is 0.283 e. The van der Waals surface area contributed by atoms with Crippen molar-refractivity contribution in [3.8, 4) is 0 Å².